The zero-order chi connectivity index (χ0) is 13.8. The van der Waals surface area contributed by atoms with E-state index in [-0.39, 0.29) is 17.2 Å². The number of benzene rings is 1. The van der Waals surface area contributed by atoms with Gasteiger partial charge in [-0.3, -0.25) is 9.78 Å². The summed E-state index contributed by atoms with van der Waals surface area (Å²) in [5.41, 5.74) is 1.64. The number of pyridine rings is 1. The Morgan fingerprint density at radius 1 is 1.32 bits per heavy atom. The minimum absolute atomic E-state index is 0.108. The van der Waals surface area contributed by atoms with E-state index >= 15 is 0 Å². The van der Waals surface area contributed by atoms with Crippen LogP contribution in [0.4, 0.5) is 10.1 Å². The summed E-state index contributed by atoms with van der Waals surface area (Å²) >= 11 is 0. The molecule has 0 saturated heterocycles. The van der Waals surface area contributed by atoms with Crippen LogP contribution in [-0.4, -0.2) is 18.0 Å². The van der Waals surface area contributed by atoms with Gasteiger partial charge in [-0.05, 0) is 37.3 Å². The third-order valence-corrected chi connectivity index (χ3v) is 2.57. The number of hydrogen-bond donors (Lipinski definition) is 1. The van der Waals surface area contributed by atoms with E-state index in [0.29, 0.717) is 5.69 Å². The lowest BCUT2D eigenvalue weighted by atomic mass is 10.2. The average Bonchev–Trinajstić information content (AvgIpc) is 2.38. The summed E-state index contributed by atoms with van der Waals surface area (Å²) in [7, 11) is 1.37. The Hall–Kier alpha value is -2.43. The number of nitrogens with one attached hydrogen (secondary N) is 1. The van der Waals surface area contributed by atoms with Gasteiger partial charge in [0.1, 0.15) is 0 Å². The summed E-state index contributed by atoms with van der Waals surface area (Å²) in [5.74, 6) is -0.843. The van der Waals surface area contributed by atoms with Crippen LogP contribution in [0.25, 0.3) is 0 Å². The van der Waals surface area contributed by atoms with Crippen molar-refractivity contribution in [2.24, 2.45) is 0 Å². The quantitative estimate of drug-likeness (QED) is 0.923. The van der Waals surface area contributed by atoms with Crippen molar-refractivity contribution in [2.75, 3.05) is 12.4 Å². The molecule has 0 spiro atoms. The number of carbonyl (C=O) groups is 1. The van der Waals surface area contributed by atoms with Crippen molar-refractivity contribution in [3.63, 3.8) is 0 Å². The normalized spacial score (nSPS) is 10.1. The average molecular weight is 260 g/mol. The summed E-state index contributed by atoms with van der Waals surface area (Å²) in [6.07, 6.45) is 1.60. The first-order chi connectivity index (χ1) is 9.10. The van der Waals surface area contributed by atoms with Gasteiger partial charge in [-0.25, -0.2) is 4.39 Å². The molecule has 19 heavy (non-hydrogen) atoms. The van der Waals surface area contributed by atoms with Gasteiger partial charge in [-0.2, -0.15) is 0 Å². The Kier molecular flexibility index (Phi) is 3.75. The van der Waals surface area contributed by atoms with Crippen molar-refractivity contribution in [3.05, 3.63) is 53.6 Å². The van der Waals surface area contributed by atoms with E-state index in [0.717, 1.165) is 11.8 Å². The standard InChI is InChI=1S/C14H13FN2O2/c1-9-7-11(5-6-16-9)17-14(18)10-3-4-13(19-2)12(15)8-10/h3-8H,1-2H3,(H,16,17,18). The molecule has 1 aromatic carbocycles. The fraction of sp³-hybridized carbons (Fsp3) is 0.143. The van der Waals surface area contributed by atoms with Crippen LogP contribution in [0.3, 0.4) is 0 Å². The highest BCUT2D eigenvalue weighted by molar-refractivity contribution is 6.04. The Morgan fingerprint density at radius 2 is 2.11 bits per heavy atom. The van der Waals surface area contributed by atoms with E-state index in [1.54, 1.807) is 18.3 Å². The van der Waals surface area contributed by atoms with E-state index in [9.17, 15) is 9.18 Å². The minimum atomic E-state index is -0.568. The molecule has 98 valence electrons. The minimum Gasteiger partial charge on any atom is -0.494 e. The number of nitrogens with zero attached hydrogens (tertiary/aromatic N) is 1. The number of rotatable bonds is 3. The third-order valence-electron chi connectivity index (χ3n) is 2.57. The fourth-order valence-electron chi connectivity index (χ4n) is 1.63. The van der Waals surface area contributed by atoms with Crippen LogP contribution in [0, 0.1) is 12.7 Å². The van der Waals surface area contributed by atoms with Crippen molar-refractivity contribution in [2.45, 2.75) is 6.92 Å². The first kappa shape index (κ1) is 13.0. The maximum atomic E-state index is 13.5. The van der Waals surface area contributed by atoms with Crippen LogP contribution < -0.4 is 10.1 Å². The van der Waals surface area contributed by atoms with Gasteiger partial charge in [0.05, 0.1) is 7.11 Å². The second-order valence-electron chi connectivity index (χ2n) is 3.99. The van der Waals surface area contributed by atoms with Gasteiger partial charge in [-0.15, -0.1) is 0 Å². The molecule has 0 aliphatic carbocycles. The van der Waals surface area contributed by atoms with E-state index in [2.05, 4.69) is 10.3 Å². The number of methoxy groups -OCH3 is 1. The molecule has 0 aliphatic rings. The van der Waals surface area contributed by atoms with Crippen LogP contribution in [0.2, 0.25) is 0 Å². The number of aryl methyl sites for hydroxylation is 1. The molecule has 0 atom stereocenters. The molecule has 5 heteroatoms. The largest absolute Gasteiger partial charge is 0.494 e. The smallest absolute Gasteiger partial charge is 0.255 e. The van der Waals surface area contributed by atoms with Gasteiger partial charge >= 0.3 is 0 Å². The number of amides is 1. The maximum Gasteiger partial charge on any atom is 0.255 e. The first-order valence-corrected chi connectivity index (χ1v) is 5.67. The molecule has 1 N–H and O–H groups in total. The highest BCUT2D eigenvalue weighted by atomic mass is 19.1. The van der Waals surface area contributed by atoms with Crippen LogP contribution in [-0.2, 0) is 0 Å². The highest BCUT2D eigenvalue weighted by Crippen LogP contribution is 2.18. The van der Waals surface area contributed by atoms with Crippen molar-refractivity contribution >= 4 is 11.6 Å². The highest BCUT2D eigenvalue weighted by Gasteiger charge is 2.10. The molecule has 0 saturated carbocycles. The van der Waals surface area contributed by atoms with Crippen molar-refractivity contribution in [1.82, 2.24) is 4.98 Å². The lowest BCUT2D eigenvalue weighted by Gasteiger charge is -2.07. The van der Waals surface area contributed by atoms with E-state index < -0.39 is 5.82 Å². The summed E-state index contributed by atoms with van der Waals surface area (Å²) in [6.45, 7) is 1.82. The zero-order valence-corrected chi connectivity index (χ0v) is 10.6. The van der Waals surface area contributed by atoms with Crippen LogP contribution in [0.5, 0.6) is 5.75 Å². The molecule has 0 unspecified atom stereocenters. The van der Waals surface area contributed by atoms with Crippen molar-refractivity contribution in [1.29, 1.82) is 0 Å². The second kappa shape index (κ2) is 5.48. The number of aromatic nitrogens is 1. The molecule has 2 aromatic rings. The predicted molar refractivity (Wildman–Crippen MR) is 69.9 cm³/mol. The topological polar surface area (TPSA) is 51.2 Å². The first-order valence-electron chi connectivity index (χ1n) is 5.67. The molecule has 2 rings (SSSR count). The molecule has 0 radical (unpaired) electrons. The Labute approximate surface area is 110 Å². The number of ether oxygens (including phenoxy) is 1. The molecule has 1 amide bonds. The molecule has 1 aromatic heterocycles. The summed E-state index contributed by atoms with van der Waals surface area (Å²) in [4.78, 5) is 16.0. The molecule has 4 nitrogen and oxygen atoms in total. The predicted octanol–water partition coefficient (Wildman–Crippen LogP) is 2.79. The number of hydrogen-bond acceptors (Lipinski definition) is 3. The van der Waals surface area contributed by atoms with Gasteiger partial charge in [0.2, 0.25) is 0 Å². The molecule has 0 aliphatic heterocycles. The van der Waals surface area contributed by atoms with Gasteiger partial charge in [0, 0.05) is 23.1 Å². The number of halogens is 1. The SMILES string of the molecule is COc1ccc(C(=O)Nc2ccnc(C)c2)cc1F. The summed E-state index contributed by atoms with van der Waals surface area (Å²) < 4.78 is 18.3. The fourth-order valence-corrected chi connectivity index (χ4v) is 1.63. The third kappa shape index (κ3) is 3.07. The maximum absolute atomic E-state index is 13.5. The molecule has 1 heterocycles. The molecular formula is C14H13FN2O2. The van der Waals surface area contributed by atoms with Crippen LogP contribution in [0.1, 0.15) is 16.1 Å². The van der Waals surface area contributed by atoms with E-state index in [4.69, 9.17) is 4.74 Å². The summed E-state index contributed by atoms with van der Waals surface area (Å²) in [6, 6.07) is 7.47. The van der Waals surface area contributed by atoms with Crippen molar-refractivity contribution in [3.8, 4) is 5.75 Å². The Balaban J connectivity index is 2.18. The van der Waals surface area contributed by atoms with Gasteiger partial charge in [-0.1, -0.05) is 0 Å². The van der Waals surface area contributed by atoms with Crippen molar-refractivity contribution < 1.29 is 13.9 Å². The Bertz CT molecular complexity index is 614. The zero-order valence-electron chi connectivity index (χ0n) is 10.6. The lowest BCUT2D eigenvalue weighted by molar-refractivity contribution is 0.102. The Morgan fingerprint density at radius 3 is 2.74 bits per heavy atom. The lowest BCUT2D eigenvalue weighted by Crippen LogP contribution is -2.12. The van der Waals surface area contributed by atoms with Gasteiger partial charge < -0.3 is 10.1 Å². The van der Waals surface area contributed by atoms with Crippen LogP contribution in [0.15, 0.2) is 36.5 Å². The monoisotopic (exact) mass is 260 g/mol. The molecular weight excluding hydrogens is 247 g/mol. The molecule has 0 fully saturated rings. The van der Waals surface area contributed by atoms with Crippen LogP contribution >= 0.6 is 0 Å². The van der Waals surface area contributed by atoms with E-state index in [1.165, 1.54) is 19.2 Å². The van der Waals surface area contributed by atoms with Gasteiger partial charge in [0.25, 0.3) is 5.91 Å². The van der Waals surface area contributed by atoms with Gasteiger partial charge in [0.15, 0.2) is 11.6 Å². The number of carbonyl (C=O) groups excluding carboxylic acids is 1. The molecule has 0 bridgehead atoms. The number of anilines is 1. The second-order valence-corrected chi connectivity index (χ2v) is 3.99. The summed E-state index contributed by atoms with van der Waals surface area (Å²) in [5, 5.41) is 2.68. The van der Waals surface area contributed by atoms with E-state index in [1.807, 2.05) is 6.92 Å².